The van der Waals surface area contributed by atoms with Crippen LogP contribution in [0.1, 0.15) is 5.56 Å². The summed E-state index contributed by atoms with van der Waals surface area (Å²) in [5.74, 6) is 1.04. The summed E-state index contributed by atoms with van der Waals surface area (Å²) in [5.41, 5.74) is 6.54. The van der Waals surface area contributed by atoms with Crippen molar-refractivity contribution in [2.24, 2.45) is 5.73 Å². The quantitative estimate of drug-likeness (QED) is 0.917. The summed E-state index contributed by atoms with van der Waals surface area (Å²) in [7, 11) is -3.21. The molecule has 0 aliphatic heterocycles. The highest BCUT2D eigenvalue weighted by molar-refractivity contribution is 7.90. The van der Waals surface area contributed by atoms with E-state index in [2.05, 4.69) is 0 Å². The number of ether oxygens (including phenoxy) is 1. The van der Waals surface area contributed by atoms with Gasteiger partial charge in [-0.3, -0.25) is 0 Å². The molecule has 0 aromatic heterocycles. The van der Waals surface area contributed by atoms with E-state index in [1.165, 1.54) is 12.1 Å². The minimum Gasteiger partial charge on any atom is -0.456 e. The van der Waals surface area contributed by atoms with Crippen LogP contribution in [0.2, 0.25) is 5.02 Å². The smallest absolute Gasteiger partial charge is 0.175 e. The second-order valence-electron chi connectivity index (χ2n) is 4.65. The maximum absolute atomic E-state index is 11.4. The van der Waals surface area contributed by atoms with Crippen LogP contribution in [0.15, 0.2) is 47.4 Å². The summed E-state index contributed by atoms with van der Waals surface area (Å²) in [5, 5.41) is 0.494. The number of nitrogens with two attached hydrogens (primary N) is 1. The van der Waals surface area contributed by atoms with Crippen molar-refractivity contribution in [3.8, 4) is 11.5 Å². The Labute approximate surface area is 129 Å². The molecule has 6 heteroatoms. The lowest BCUT2D eigenvalue weighted by Crippen LogP contribution is -2.02. The van der Waals surface area contributed by atoms with Crippen LogP contribution >= 0.6 is 11.6 Å². The van der Waals surface area contributed by atoms with Gasteiger partial charge in [0, 0.05) is 6.26 Å². The summed E-state index contributed by atoms with van der Waals surface area (Å²) in [4.78, 5) is 0.249. The zero-order chi connectivity index (χ0) is 15.5. The molecule has 0 unspecified atom stereocenters. The lowest BCUT2D eigenvalue weighted by atomic mass is 10.1. The maximum Gasteiger partial charge on any atom is 0.175 e. The van der Waals surface area contributed by atoms with Crippen molar-refractivity contribution in [3.05, 3.63) is 53.1 Å². The van der Waals surface area contributed by atoms with Gasteiger partial charge in [-0.25, -0.2) is 8.42 Å². The van der Waals surface area contributed by atoms with Crippen molar-refractivity contribution in [2.75, 3.05) is 12.8 Å². The van der Waals surface area contributed by atoms with Crippen molar-refractivity contribution in [1.82, 2.24) is 0 Å². The molecule has 0 saturated carbocycles. The maximum atomic E-state index is 11.4. The van der Waals surface area contributed by atoms with E-state index in [1.54, 1.807) is 18.2 Å². The van der Waals surface area contributed by atoms with E-state index in [0.717, 1.165) is 18.2 Å². The number of hydrogen-bond acceptors (Lipinski definition) is 4. The van der Waals surface area contributed by atoms with Crippen LogP contribution in [0.25, 0.3) is 0 Å². The number of halogens is 1. The number of benzene rings is 2. The van der Waals surface area contributed by atoms with Crippen molar-refractivity contribution < 1.29 is 13.2 Å². The van der Waals surface area contributed by atoms with Gasteiger partial charge in [0.2, 0.25) is 0 Å². The van der Waals surface area contributed by atoms with Crippen molar-refractivity contribution in [1.29, 1.82) is 0 Å². The van der Waals surface area contributed by atoms with E-state index in [0.29, 0.717) is 23.1 Å². The molecule has 4 nitrogen and oxygen atoms in total. The fourth-order valence-corrected chi connectivity index (χ4v) is 2.70. The van der Waals surface area contributed by atoms with Gasteiger partial charge in [0.1, 0.15) is 11.5 Å². The lowest BCUT2D eigenvalue weighted by molar-refractivity contribution is 0.482. The van der Waals surface area contributed by atoms with Crippen molar-refractivity contribution in [3.63, 3.8) is 0 Å². The Morgan fingerprint density at radius 3 is 2.33 bits per heavy atom. The molecule has 2 aromatic rings. The molecule has 2 rings (SSSR count). The van der Waals surface area contributed by atoms with Gasteiger partial charge >= 0.3 is 0 Å². The average molecular weight is 326 g/mol. The molecule has 112 valence electrons. The van der Waals surface area contributed by atoms with E-state index >= 15 is 0 Å². The van der Waals surface area contributed by atoms with Gasteiger partial charge in [-0.15, -0.1) is 0 Å². The van der Waals surface area contributed by atoms with Crippen LogP contribution in [-0.4, -0.2) is 21.2 Å². The van der Waals surface area contributed by atoms with E-state index in [4.69, 9.17) is 22.1 Å². The van der Waals surface area contributed by atoms with E-state index in [1.807, 2.05) is 12.1 Å². The Balaban J connectivity index is 2.18. The SMILES string of the molecule is CS(=O)(=O)c1ccc(Oc2ccc(CCN)cc2Cl)cc1. The summed E-state index contributed by atoms with van der Waals surface area (Å²) < 4.78 is 28.4. The second-order valence-corrected chi connectivity index (χ2v) is 7.07. The van der Waals surface area contributed by atoms with Crippen LogP contribution in [-0.2, 0) is 16.3 Å². The first-order chi connectivity index (χ1) is 9.90. The highest BCUT2D eigenvalue weighted by Gasteiger charge is 2.08. The van der Waals surface area contributed by atoms with Gasteiger partial charge < -0.3 is 10.5 Å². The standard InChI is InChI=1S/C15H16ClNO3S/c1-21(18,19)13-5-3-12(4-6-13)20-15-7-2-11(8-9-17)10-14(15)16/h2-7,10H,8-9,17H2,1H3. The Hall–Kier alpha value is -1.56. The second kappa shape index (κ2) is 6.47. The van der Waals surface area contributed by atoms with Crippen molar-refractivity contribution >= 4 is 21.4 Å². The first-order valence-electron chi connectivity index (χ1n) is 6.36. The first-order valence-corrected chi connectivity index (χ1v) is 8.63. The van der Waals surface area contributed by atoms with Gasteiger partial charge in [0.15, 0.2) is 9.84 Å². The number of hydrogen-bond donors (Lipinski definition) is 1. The van der Waals surface area contributed by atoms with E-state index in [9.17, 15) is 8.42 Å². The molecular formula is C15H16ClNO3S. The van der Waals surface area contributed by atoms with Gasteiger partial charge in [0.05, 0.1) is 9.92 Å². The monoisotopic (exact) mass is 325 g/mol. The van der Waals surface area contributed by atoms with E-state index in [-0.39, 0.29) is 4.90 Å². The third kappa shape index (κ3) is 4.20. The normalized spacial score (nSPS) is 11.4. The molecule has 21 heavy (non-hydrogen) atoms. The third-order valence-electron chi connectivity index (χ3n) is 2.91. The Bertz CT molecular complexity index is 727. The van der Waals surface area contributed by atoms with Gasteiger partial charge in [-0.2, -0.15) is 0 Å². The Morgan fingerprint density at radius 2 is 1.81 bits per heavy atom. The molecule has 0 fully saturated rings. The zero-order valence-corrected chi connectivity index (χ0v) is 13.1. The molecule has 0 bridgehead atoms. The number of sulfone groups is 1. The predicted octanol–water partition coefficient (Wildman–Crippen LogP) is 3.04. The van der Waals surface area contributed by atoms with Gasteiger partial charge in [0.25, 0.3) is 0 Å². The third-order valence-corrected chi connectivity index (χ3v) is 4.33. The zero-order valence-electron chi connectivity index (χ0n) is 11.5. The summed E-state index contributed by atoms with van der Waals surface area (Å²) in [6.45, 7) is 0.559. The van der Waals surface area contributed by atoms with Crippen LogP contribution in [0.3, 0.4) is 0 Å². The molecule has 0 spiro atoms. The molecule has 0 atom stereocenters. The molecule has 0 aliphatic rings. The van der Waals surface area contributed by atoms with Crippen molar-refractivity contribution in [2.45, 2.75) is 11.3 Å². The summed E-state index contributed by atoms with van der Waals surface area (Å²) in [6, 6.07) is 11.7. The first kappa shape index (κ1) is 15.8. The summed E-state index contributed by atoms with van der Waals surface area (Å²) in [6.07, 6.45) is 1.92. The largest absolute Gasteiger partial charge is 0.456 e. The Morgan fingerprint density at radius 1 is 1.14 bits per heavy atom. The molecule has 0 heterocycles. The lowest BCUT2D eigenvalue weighted by Gasteiger charge is -2.09. The van der Waals surface area contributed by atoms with Crippen LogP contribution < -0.4 is 10.5 Å². The molecule has 2 aromatic carbocycles. The average Bonchev–Trinajstić information content (AvgIpc) is 2.42. The van der Waals surface area contributed by atoms with Gasteiger partial charge in [-0.05, 0) is 54.9 Å². The van der Waals surface area contributed by atoms with Crippen LogP contribution in [0.5, 0.6) is 11.5 Å². The molecule has 0 radical (unpaired) electrons. The highest BCUT2D eigenvalue weighted by atomic mass is 35.5. The predicted molar refractivity (Wildman–Crippen MR) is 83.8 cm³/mol. The highest BCUT2D eigenvalue weighted by Crippen LogP contribution is 2.30. The molecular weight excluding hydrogens is 310 g/mol. The summed E-state index contributed by atoms with van der Waals surface area (Å²) >= 11 is 6.16. The Kier molecular flexibility index (Phi) is 4.88. The fourth-order valence-electron chi connectivity index (χ4n) is 1.83. The number of rotatable bonds is 5. The van der Waals surface area contributed by atoms with Crippen LogP contribution in [0.4, 0.5) is 0 Å². The van der Waals surface area contributed by atoms with Crippen LogP contribution in [0, 0.1) is 0 Å². The molecule has 0 saturated heterocycles. The van der Waals surface area contributed by atoms with E-state index < -0.39 is 9.84 Å². The van der Waals surface area contributed by atoms with Gasteiger partial charge in [-0.1, -0.05) is 17.7 Å². The molecule has 0 amide bonds. The fraction of sp³-hybridized carbons (Fsp3) is 0.200. The minimum absolute atomic E-state index is 0.249. The topological polar surface area (TPSA) is 69.4 Å². The minimum atomic E-state index is -3.21. The molecule has 0 aliphatic carbocycles. The molecule has 2 N–H and O–H groups in total.